The third-order valence-corrected chi connectivity index (χ3v) is 2.62. The average molecular weight is 245 g/mol. The summed E-state index contributed by atoms with van der Waals surface area (Å²) in [6, 6.07) is 4.62. The van der Waals surface area contributed by atoms with Gasteiger partial charge in [-0.3, -0.25) is 0 Å². The Hall–Kier alpha value is -0.770. The van der Waals surface area contributed by atoms with Gasteiger partial charge in [-0.05, 0) is 32.9 Å². The van der Waals surface area contributed by atoms with Gasteiger partial charge in [0.15, 0.2) is 0 Å². The van der Waals surface area contributed by atoms with E-state index in [0.29, 0.717) is 17.1 Å². The first-order chi connectivity index (χ1) is 7.29. The number of hydrogen-bond donors (Lipinski definition) is 3. The van der Waals surface area contributed by atoms with Gasteiger partial charge in [0.25, 0.3) is 0 Å². The number of phenolic OH excluding ortho intramolecular Hbond substituents is 1. The number of halogens is 1. The van der Waals surface area contributed by atoms with Crippen LogP contribution in [0.5, 0.6) is 5.75 Å². The van der Waals surface area contributed by atoms with Crippen LogP contribution in [0.25, 0.3) is 0 Å². The van der Waals surface area contributed by atoms with Gasteiger partial charge in [0.05, 0.1) is 10.6 Å². The van der Waals surface area contributed by atoms with Gasteiger partial charge in [-0.25, -0.2) is 0 Å². The molecule has 0 aliphatic rings. The van der Waals surface area contributed by atoms with E-state index in [9.17, 15) is 10.2 Å². The highest BCUT2D eigenvalue weighted by atomic mass is 35.5. The predicted molar refractivity (Wildman–Crippen MR) is 64.6 cm³/mol. The summed E-state index contributed by atoms with van der Waals surface area (Å²) in [6.07, 6.45) is -0.618. The van der Waals surface area contributed by atoms with E-state index >= 15 is 0 Å². The van der Waals surface area contributed by atoms with Gasteiger partial charge < -0.3 is 15.5 Å². The van der Waals surface area contributed by atoms with Gasteiger partial charge in [-0.2, -0.15) is 0 Å². The zero-order valence-corrected chi connectivity index (χ0v) is 10.6. The van der Waals surface area contributed by atoms with Crippen molar-refractivity contribution in [2.75, 3.05) is 6.54 Å². The van der Waals surface area contributed by atoms with Gasteiger partial charge >= 0.3 is 0 Å². The minimum Gasteiger partial charge on any atom is -0.508 e. The molecule has 0 fully saturated rings. The van der Waals surface area contributed by atoms with E-state index in [-0.39, 0.29) is 11.3 Å². The summed E-state index contributed by atoms with van der Waals surface area (Å²) in [5, 5.41) is 21.6. The fourth-order valence-electron chi connectivity index (χ4n) is 1.38. The number of hydrogen-bond acceptors (Lipinski definition) is 2. The zero-order valence-electron chi connectivity index (χ0n) is 9.87. The molecule has 0 bridgehead atoms. The topological polar surface area (TPSA) is 57.1 Å². The quantitative estimate of drug-likeness (QED) is 0.754. The molecule has 1 rings (SSSR count). The van der Waals surface area contributed by atoms with Crippen molar-refractivity contribution in [2.45, 2.75) is 32.4 Å². The summed E-state index contributed by atoms with van der Waals surface area (Å²) >= 11 is 5.94. The third kappa shape index (κ3) is 4.00. The van der Waals surface area contributed by atoms with E-state index < -0.39 is 6.10 Å². The molecule has 0 aliphatic heterocycles. The first-order valence-corrected chi connectivity index (χ1v) is 5.68. The van der Waals surface area contributed by atoms with Crippen molar-refractivity contribution in [3.63, 3.8) is 0 Å². The standard InChI is InChI=1S/C12H18ClNO2/c1-12(2,3)14-7-11(16)9-5-4-8(15)6-10(9)13/h4-6,11,14-16H,7H2,1-3H3/p+1/t11-/m0/s1. The van der Waals surface area contributed by atoms with Crippen LogP contribution >= 0.6 is 11.6 Å². The van der Waals surface area contributed by atoms with Crippen molar-refractivity contribution < 1.29 is 15.5 Å². The van der Waals surface area contributed by atoms with Crippen molar-refractivity contribution >= 4 is 11.6 Å². The summed E-state index contributed by atoms with van der Waals surface area (Å²) in [6.45, 7) is 6.79. The maximum absolute atomic E-state index is 9.96. The number of rotatable bonds is 3. The van der Waals surface area contributed by atoms with E-state index in [1.165, 1.54) is 12.1 Å². The number of phenols is 1. The number of benzene rings is 1. The largest absolute Gasteiger partial charge is 0.508 e. The highest BCUT2D eigenvalue weighted by Crippen LogP contribution is 2.26. The highest BCUT2D eigenvalue weighted by Gasteiger charge is 2.19. The maximum Gasteiger partial charge on any atom is 0.129 e. The van der Waals surface area contributed by atoms with Crippen LogP contribution in [-0.2, 0) is 0 Å². The second kappa shape index (κ2) is 5.04. The lowest BCUT2D eigenvalue weighted by molar-refractivity contribution is -0.722. The average Bonchev–Trinajstić information content (AvgIpc) is 2.13. The second-order valence-corrected chi connectivity index (χ2v) is 5.43. The van der Waals surface area contributed by atoms with Crippen molar-refractivity contribution in [1.29, 1.82) is 0 Å². The summed E-state index contributed by atoms with van der Waals surface area (Å²) < 4.78 is 0. The van der Waals surface area contributed by atoms with Gasteiger partial charge in [0, 0.05) is 5.56 Å². The third-order valence-electron chi connectivity index (χ3n) is 2.30. The number of aromatic hydroxyl groups is 1. The number of quaternary nitrogens is 1. The van der Waals surface area contributed by atoms with Gasteiger partial charge in [-0.1, -0.05) is 17.7 Å². The minimum atomic E-state index is -0.618. The van der Waals surface area contributed by atoms with Gasteiger partial charge in [0.2, 0.25) is 0 Å². The number of aliphatic hydroxyl groups is 1. The zero-order chi connectivity index (χ0) is 12.3. The van der Waals surface area contributed by atoms with Crippen molar-refractivity contribution in [2.24, 2.45) is 0 Å². The molecular weight excluding hydrogens is 226 g/mol. The molecule has 90 valence electrons. The minimum absolute atomic E-state index is 0.0738. The van der Waals surface area contributed by atoms with E-state index in [1.54, 1.807) is 6.07 Å². The Morgan fingerprint density at radius 1 is 1.38 bits per heavy atom. The smallest absolute Gasteiger partial charge is 0.129 e. The van der Waals surface area contributed by atoms with Gasteiger partial charge in [-0.15, -0.1) is 0 Å². The normalized spacial score (nSPS) is 13.8. The molecule has 3 nitrogen and oxygen atoms in total. The Kier molecular flexibility index (Phi) is 4.19. The van der Waals surface area contributed by atoms with E-state index in [4.69, 9.17) is 11.6 Å². The molecule has 1 aromatic carbocycles. The fraction of sp³-hybridized carbons (Fsp3) is 0.500. The van der Waals surface area contributed by atoms with Crippen LogP contribution in [0.4, 0.5) is 0 Å². The van der Waals surface area contributed by atoms with Gasteiger partial charge in [0.1, 0.15) is 18.4 Å². The summed E-state index contributed by atoms with van der Waals surface area (Å²) in [4.78, 5) is 0. The number of nitrogens with two attached hydrogens (primary N) is 1. The fourth-order valence-corrected chi connectivity index (χ4v) is 1.68. The van der Waals surface area contributed by atoms with Crippen LogP contribution in [-0.4, -0.2) is 22.3 Å². The van der Waals surface area contributed by atoms with E-state index in [2.05, 4.69) is 26.1 Å². The molecule has 4 heteroatoms. The van der Waals surface area contributed by atoms with E-state index in [0.717, 1.165) is 0 Å². The molecule has 0 saturated heterocycles. The predicted octanol–water partition coefficient (Wildman–Crippen LogP) is 1.44. The van der Waals surface area contributed by atoms with E-state index in [1.807, 2.05) is 0 Å². The van der Waals surface area contributed by atoms with Crippen LogP contribution in [0.2, 0.25) is 5.02 Å². The lowest BCUT2D eigenvalue weighted by atomic mass is 10.1. The monoisotopic (exact) mass is 244 g/mol. The molecule has 0 amide bonds. The molecule has 0 unspecified atom stereocenters. The molecule has 4 N–H and O–H groups in total. The molecule has 0 aromatic heterocycles. The Morgan fingerprint density at radius 2 is 2.00 bits per heavy atom. The molecule has 1 atom stereocenters. The molecule has 1 aromatic rings. The van der Waals surface area contributed by atoms with Crippen molar-refractivity contribution in [1.82, 2.24) is 0 Å². The summed E-state index contributed by atoms with van der Waals surface area (Å²) in [5.41, 5.74) is 0.727. The molecule has 0 aliphatic carbocycles. The summed E-state index contributed by atoms with van der Waals surface area (Å²) in [7, 11) is 0. The summed E-state index contributed by atoms with van der Waals surface area (Å²) in [5.74, 6) is 0.112. The molecule has 16 heavy (non-hydrogen) atoms. The van der Waals surface area contributed by atoms with Crippen LogP contribution in [0, 0.1) is 0 Å². The molecule has 0 saturated carbocycles. The molecular formula is C12H19ClNO2+. The second-order valence-electron chi connectivity index (χ2n) is 5.03. The first kappa shape index (κ1) is 13.3. The van der Waals surface area contributed by atoms with Crippen LogP contribution in [0.3, 0.4) is 0 Å². The molecule has 0 heterocycles. The SMILES string of the molecule is CC(C)(C)[NH2+]C[C@H](O)c1ccc(O)cc1Cl. The maximum atomic E-state index is 9.96. The lowest BCUT2D eigenvalue weighted by Crippen LogP contribution is -2.95. The Balaban J connectivity index is 2.70. The Bertz CT molecular complexity index is 361. The lowest BCUT2D eigenvalue weighted by Gasteiger charge is -2.20. The Labute approximate surface area is 101 Å². The van der Waals surface area contributed by atoms with Crippen molar-refractivity contribution in [3.05, 3.63) is 28.8 Å². The van der Waals surface area contributed by atoms with Crippen LogP contribution < -0.4 is 5.32 Å². The number of aliphatic hydroxyl groups excluding tert-OH is 1. The molecule has 0 spiro atoms. The molecule has 0 radical (unpaired) electrons. The van der Waals surface area contributed by atoms with Crippen LogP contribution in [0.1, 0.15) is 32.4 Å². The first-order valence-electron chi connectivity index (χ1n) is 5.30. The Morgan fingerprint density at radius 3 is 2.50 bits per heavy atom. The van der Waals surface area contributed by atoms with Crippen molar-refractivity contribution in [3.8, 4) is 5.75 Å². The van der Waals surface area contributed by atoms with Crippen LogP contribution in [0.15, 0.2) is 18.2 Å². The highest BCUT2D eigenvalue weighted by molar-refractivity contribution is 6.31.